The summed E-state index contributed by atoms with van der Waals surface area (Å²) >= 11 is 0. The molecule has 1 amide bonds. The molecule has 1 rings (SSSR count). The van der Waals surface area contributed by atoms with Gasteiger partial charge in [0.05, 0.1) is 12.6 Å². The van der Waals surface area contributed by atoms with Gasteiger partial charge in [-0.25, -0.2) is 4.79 Å². The van der Waals surface area contributed by atoms with E-state index in [4.69, 9.17) is 10.4 Å². The van der Waals surface area contributed by atoms with Crippen LogP contribution in [0.4, 0.5) is 4.79 Å². The lowest BCUT2D eigenvalue weighted by Crippen LogP contribution is -2.47. The number of hydrogen-bond acceptors (Lipinski definition) is 3. The van der Waals surface area contributed by atoms with Crippen molar-refractivity contribution in [2.45, 2.75) is 18.9 Å². The third-order valence-corrected chi connectivity index (χ3v) is 2.16. The van der Waals surface area contributed by atoms with Gasteiger partial charge in [0.1, 0.15) is 0 Å². The zero-order chi connectivity index (χ0) is 9.68. The summed E-state index contributed by atoms with van der Waals surface area (Å²) < 4.78 is 0. The Morgan fingerprint density at radius 3 is 3.15 bits per heavy atom. The molecule has 0 saturated carbocycles. The lowest BCUT2D eigenvalue weighted by atomic mass is 10.1. The van der Waals surface area contributed by atoms with Gasteiger partial charge in [-0.1, -0.05) is 0 Å². The highest BCUT2D eigenvalue weighted by molar-refractivity contribution is 5.65. The summed E-state index contributed by atoms with van der Waals surface area (Å²) in [6.45, 7) is 1.40. The molecule has 1 aliphatic rings. The summed E-state index contributed by atoms with van der Waals surface area (Å²) in [7, 11) is 0. The normalized spacial score (nSPS) is 22.4. The van der Waals surface area contributed by atoms with Crippen LogP contribution < -0.4 is 5.32 Å². The number of piperidine rings is 1. The molecule has 0 aromatic carbocycles. The largest absolute Gasteiger partial charge is 0.465 e. The number of amides is 1. The summed E-state index contributed by atoms with van der Waals surface area (Å²) in [5.74, 6) is 0. The molecule has 2 N–H and O–H groups in total. The number of likely N-dealkylation sites (tertiary alicyclic amines) is 1. The van der Waals surface area contributed by atoms with E-state index < -0.39 is 6.09 Å². The molecule has 0 spiro atoms. The number of nitriles is 1. The first-order chi connectivity index (χ1) is 6.24. The van der Waals surface area contributed by atoms with Gasteiger partial charge in [-0.15, -0.1) is 0 Å². The maximum atomic E-state index is 10.6. The van der Waals surface area contributed by atoms with Gasteiger partial charge in [0.25, 0.3) is 0 Å². The molecule has 1 unspecified atom stereocenters. The molecule has 1 fully saturated rings. The molecule has 5 nitrogen and oxygen atoms in total. The van der Waals surface area contributed by atoms with Crippen molar-refractivity contribution in [2.24, 2.45) is 0 Å². The molecule has 13 heavy (non-hydrogen) atoms. The molecule has 0 aromatic rings. The molecule has 0 radical (unpaired) electrons. The third kappa shape index (κ3) is 2.92. The predicted octanol–water partition coefficient (Wildman–Crippen LogP) is 0.242. The van der Waals surface area contributed by atoms with Crippen molar-refractivity contribution in [2.75, 3.05) is 19.6 Å². The molecular formula is C8H13N3O2. The van der Waals surface area contributed by atoms with E-state index in [-0.39, 0.29) is 12.6 Å². The van der Waals surface area contributed by atoms with Gasteiger partial charge in [-0.05, 0) is 12.8 Å². The number of carboxylic acid groups (broad SMARTS) is 1. The van der Waals surface area contributed by atoms with E-state index in [0.717, 1.165) is 12.8 Å². The Labute approximate surface area is 76.9 Å². The molecule has 72 valence electrons. The first-order valence-corrected chi connectivity index (χ1v) is 4.32. The highest BCUT2D eigenvalue weighted by Crippen LogP contribution is 2.09. The SMILES string of the molecule is N#CCNC1CCCN(C(=O)O)C1. The van der Waals surface area contributed by atoms with E-state index in [1.54, 1.807) is 0 Å². The van der Waals surface area contributed by atoms with E-state index in [1.807, 2.05) is 6.07 Å². The van der Waals surface area contributed by atoms with Gasteiger partial charge in [0.15, 0.2) is 0 Å². The molecule has 1 heterocycles. The summed E-state index contributed by atoms with van der Waals surface area (Å²) in [6, 6.07) is 2.13. The fraction of sp³-hybridized carbons (Fsp3) is 0.750. The van der Waals surface area contributed by atoms with E-state index >= 15 is 0 Å². The first-order valence-electron chi connectivity index (χ1n) is 4.32. The average Bonchev–Trinajstić information content (AvgIpc) is 2.15. The van der Waals surface area contributed by atoms with Crippen LogP contribution in [0, 0.1) is 11.3 Å². The monoisotopic (exact) mass is 183 g/mol. The first kappa shape index (κ1) is 9.81. The van der Waals surface area contributed by atoms with E-state index in [9.17, 15) is 4.79 Å². The average molecular weight is 183 g/mol. The Hall–Kier alpha value is -1.28. The van der Waals surface area contributed by atoms with Crippen molar-refractivity contribution < 1.29 is 9.90 Å². The molecule has 1 aliphatic heterocycles. The van der Waals surface area contributed by atoms with Gasteiger partial charge in [0.2, 0.25) is 0 Å². The highest BCUT2D eigenvalue weighted by Gasteiger charge is 2.22. The maximum absolute atomic E-state index is 10.6. The van der Waals surface area contributed by atoms with E-state index in [0.29, 0.717) is 13.1 Å². The molecular weight excluding hydrogens is 170 g/mol. The predicted molar refractivity (Wildman–Crippen MR) is 46.2 cm³/mol. The number of nitrogens with zero attached hydrogens (tertiary/aromatic N) is 2. The van der Waals surface area contributed by atoms with Gasteiger partial charge in [-0.3, -0.25) is 5.32 Å². The lowest BCUT2D eigenvalue weighted by Gasteiger charge is -2.30. The molecule has 1 atom stereocenters. The minimum absolute atomic E-state index is 0.143. The van der Waals surface area contributed by atoms with Crippen molar-refractivity contribution in [3.63, 3.8) is 0 Å². The van der Waals surface area contributed by atoms with Crippen LogP contribution in [0.25, 0.3) is 0 Å². The van der Waals surface area contributed by atoms with Crippen molar-refractivity contribution >= 4 is 6.09 Å². The highest BCUT2D eigenvalue weighted by atomic mass is 16.4. The summed E-state index contributed by atoms with van der Waals surface area (Å²) in [5.41, 5.74) is 0. The van der Waals surface area contributed by atoms with Crippen LogP contribution in [0.15, 0.2) is 0 Å². The molecule has 1 saturated heterocycles. The zero-order valence-electron chi connectivity index (χ0n) is 7.36. The number of carbonyl (C=O) groups is 1. The van der Waals surface area contributed by atoms with Gasteiger partial charge in [0, 0.05) is 19.1 Å². The van der Waals surface area contributed by atoms with Crippen molar-refractivity contribution in [1.82, 2.24) is 10.2 Å². The van der Waals surface area contributed by atoms with Crippen molar-refractivity contribution in [3.8, 4) is 6.07 Å². The fourth-order valence-electron chi connectivity index (χ4n) is 1.51. The smallest absolute Gasteiger partial charge is 0.407 e. The summed E-state index contributed by atoms with van der Waals surface area (Å²) in [4.78, 5) is 12.0. The second-order valence-corrected chi connectivity index (χ2v) is 3.11. The lowest BCUT2D eigenvalue weighted by molar-refractivity contribution is 0.127. The van der Waals surface area contributed by atoms with Gasteiger partial charge >= 0.3 is 6.09 Å². The van der Waals surface area contributed by atoms with Crippen LogP contribution in [-0.2, 0) is 0 Å². The third-order valence-electron chi connectivity index (χ3n) is 2.16. The molecule has 5 heteroatoms. The second-order valence-electron chi connectivity index (χ2n) is 3.11. The fourth-order valence-corrected chi connectivity index (χ4v) is 1.51. The van der Waals surface area contributed by atoms with Gasteiger partial charge < -0.3 is 10.0 Å². The Morgan fingerprint density at radius 2 is 2.54 bits per heavy atom. The summed E-state index contributed by atoms with van der Waals surface area (Å²) in [5, 5.41) is 20.0. The number of rotatable bonds is 2. The Bertz CT molecular complexity index is 224. The van der Waals surface area contributed by atoms with Crippen molar-refractivity contribution in [1.29, 1.82) is 5.26 Å². The second kappa shape index (κ2) is 4.67. The van der Waals surface area contributed by atoms with E-state index in [1.165, 1.54) is 4.90 Å². The molecule has 0 aliphatic carbocycles. The maximum Gasteiger partial charge on any atom is 0.407 e. The Balaban J connectivity index is 2.34. The minimum atomic E-state index is -0.872. The van der Waals surface area contributed by atoms with E-state index in [2.05, 4.69) is 5.32 Å². The van der Waals surface area contributed by atoms with Crippen LogP contribution >= 0.6 is 0 Å². The number of hydrogen-bond donors (Lipinski definition) is 2. The van der Waals surface area contributed by atoms with Crippen LogP contribution in [0.3, 0.4) is 0 Å². The van der Waals surface area contributed by atoms with Crippen LogP contribution in [-0.4, -0.2) is 41.8 Å². The van der Waals surface area contributed by atoms with Crippen LogP contribution in [0.2, 0.25) is 0 Å². The quantitative estimate of drug-likeness (QED) is 0.601. The zero-order valence-corrected chi connectivity index (χ0v) is 7.36. The van der Waals surface area contributed by atoms with Gasteiger partial charge in [-0.2, -0.15) is 5.26 Å². The van der Waals surface area contributed by atoms with Crippen LogP contribution in [0.5, 0.6) is 0 Å². The van der Waals surface area contributed by atoms with Crippen molar-refractivity contribution in [3.05, 3.63) is 0 Å². The standard InChI is InChI=1S/C8H13N3O2/c9-3-4-10-7-2-1-5-11(6-7)8(12)13/h7,10H,1-2,4-6H2,(H,12,13). The molecule has 0 aromatic heterocycles. The minimum Gasteiger partial charge on any atom is -0.465 e. The molecule has 0 bridgehead atoms. The Morgan fingerprint density at radius 1 is 1.77 bits per heavy atom. The topological polar surface area (TPSA) is 76.4 Å². The number of nitrogens with one attached hydrogen (secondary N) is 1. The summed E-state index contributed by atoms with van der Waals surface area (Å²) in [6.07, 6.45) is 0.948. The Kier molecular flexibility index (Phi) is 3.53. The van der Waals surface area contributed by atoms with Crippen LogP contribution in [0.1, 0.15) is 12.8 Å².